The molecule has 0 bridgehead atoms. The topological polar surface area (TPSA) is 72.5 Å². The second kappa shape index (κ2) is 5.92. The molecule has 23 heavy (non-hydrogen) atoms. The van der Waals surface area contributed by atoms with Crippen LogP contribution < -0.4 is 10.2 Å². The standard InChI is InChI=1S/C17H28N2O3Si/c1-17(2,3)23(4,5)22-15-10-11-19(12-15,16(20)21)14-8-6-13(18)7-9-14/h6-9,15H,10-12,18H2,1-5H3/p+1. The molecule has 0 saturated carbocycles. The van der Waals surface area contributed by atoms with Gasteiger partial charge in [0.2, 0.25) is 0 Å². The van der Waals surface area contributed by atoms with E-state index in [1.807, 2.05) is 12.1 Å². The van der Waals surface area contributed by atoms with Gasteiger partial charge in [0.25, 0.3) is 0 Å². The molecule has 1 aliphatic rings. The molecule has 0 aliphatic carbocycles. The maximum absolute atomic E-state index is 12.0. The summed E-state index contributed by atoms with van der Waals surface area (Å²) in [4.78, 5) is 12.0. The number of rotatable bonds is 3. The molecule has 1 aromatic rings. The Kier molecular flexibility index (Phi) is 4.63. The van der Waals surface area contributed by atoms with Crippen LogP contribution in [0.3, 0.4) is 0 Å². The van der Waals surface area contributed by atoms with E-state index in [0.29, 0.717) is 18.8 Å². The van der Waals surface area contributed by atoms with E-state index in [4.69, 9.17) is 10.2 Å². The van der Waals surface area contributed by atoms with Crippen LogP contribution in [-0.2, 0) is 4.43 Å². The van der Waals surface area contributed by atoms with E-state index < -0.39 is 14.4 Å². The van der Waals surface area contributed by atoms with Crippen LogP contribution in [0.1, 0.15) is 27.2 Å². The van der Waals surface area contributed by atoms with Gasteiger partial charge < -0.3 is 15.3 Å². The van der Waals surface area contributed by atoms with Crippen molar-refractivity contribution in [1.82, 2.24) is 4.48 Å². The quantitative estimate of drug-likeness (QED) is 0.496. The van der Waals surface area contributed by atoms with Crippen molar-refractivity contribution in [2.24, 2.45) is 0 Å². The molecule has 1 saturated heterocycles. The number of anilines is 1. The lowest BCUT2D eigenvalue weighted by Crippen LogP contribution is -2.53. The SMILES string of the molecule is CC(C)(C)[Si](C)(C)OC1CC[N+](C(=O)O)(c2ccc(N)cc2)C1. The number of likely N-dealkylation sites (tertiary alicyclic amines) is 1. The minimum Gasteiger partial charge on any atom is -0.435 e. The summed E-state index contributed by atoms with van der Waals surface area (Å²) in [6.45, 7) is 12.1. The summed E-state index contributed by atoms with van der Waals surface area (Å²) in [5.74, 6) is 0. The molecule has 1 fully saturated rings. The minimum absolute atomic E-state index is 0.00968. The van der Waals surface area contributed by atoms with Crippen LogP contribution in [0, 0.1) is 0 Å². The molecule has 5 nitrogen and oxygen atoms in total. The van der Waals surface area contributed by atoms with Crippen molar-refractivity contribution in [3.63, 3.8) is 0 Å². The zero-order chi connectivity index (χ0) is 17.5. The lowest BCUT2D eigenvalue weighted by molar-refractivity contribution is 0.143. The smallest absolute Gasteiger partial charge is 0.435 e. The van der Waals surface area contributed by atoms with E-state index in [-0.39, 0.29) is 15.6 Å². The molecule has 0 aromatic heterocycles. The zero-order valence-electron chi connectivity index (χ0n) is 14.8. The number of hydrogen-bond donors (Lipinski definition) is 2. The van der Waals surface area contributed by atoms with E-state index in [2.05, 4.69) is 33.9 Å². The van der Waals surface area contributed by atoms with Crippen LogP contribution in [0.4, 0.5) is 16.2 Å². The average Bonchev–Trinajstić information content (AvgIpc) is 2.82. The highest BCUT2D eigenvalue weighted by Crippen LogP contribution is 2.40. The van der Waals surface area contributed by atoms with Crippen molar-refractivity contribution >= 4 is 25.8 Å². The van der Waals surface area contributed by atoms with Crippen molar-refractivity contribution in [2.45, 2.75) is 51.4 Å². The van der Waals surface area contributed by atoms with Gasteiger partial charge in [-0.25, -0.2) is 0 Å². The highest BCUT2D eigenvalue weighted by atomic mass is 28.4. The van der Waals surface area contributed by atoms with Gasteiger partial charge in [-0.3, -0.25) is 0 Å². The van der Waals surface area contributed by atoms with Crippen LogP contribution in [0.5, 0.6) is 0 Å². The third-order valence-electron chi connectivity index (χ3n) is 5.37. The molecule has 2 atom stereocenters. The van der Waals surface area contributed by atoms with Gasteiger partial charge in [-0.1, -0.05) is 20.8 Å². The number of nitrogen functional groups attached to an aromatic ring is 1. The van der Waals surface area contributed by atoms with Gasteiger partial charge in [-0.2, -0.15) is 9.28 Å². The van der Waals surface area contributed by atoms with E-state index >= 15 is 0 Å². The fraction of sp³-hybridized carbons (Fsp3) is 0.588. The number of nitrogens with two attached hydrogens (primary N) is 1. The first-order valence-electron chi connectivity index (χ1n) is 8.12. The Morgan fingerprint density at radius 3 is 2.35 bits per heavy atom. The first-order valence-corrected chi connectivity index (χ1v) is 11.0. The summed E-state index contributed by atoms with van der Waals surface area (Å²) in [7, 11) is -1.90. The maximum Gasteiger partial charge on any atom is 0.518 e. The molecule has 1 aromatic carbocycles. The van der Waals surface area contributed by atoms with Crippen LogP contribution >= 0.6 is 0 Å². The number of amides is 1. The monoisotopic (exact) mass is 337 g/mol. The molecule has 2 rings (SSSR count). The van der Waals surface area contributed by atoms with Crippen LogP contribution in [-0.4, -0.2) is 38.7 Å². The first kappa shape index (κ1) is 18.0. The molecule has 0 spiro atoms. The highest BCUT2D eigenvalue weighted by molar-refractivity contribution is 6.74. The number of nitrogens with zero attached hydrogens (tertiary/aromatic N) is 1. The molecular weight excluding hydrogens is 308 g/mol. The summed E-state index contributed by atoms with van der Waals surface area (Å²) in [5.41, 5.74) is 7.14. The average molecular weight is 338 g/mol. The van der Waals surface area contributed by atoms with Crippen molar-refractivity contribution in [2.75, 3.05) is 18.8 Å². The Hall–Kier alpha value is -1.37. The molecule has 6 heteroatoms. The number of carbonyl (C=O) groups is 1. The Morgan fingerprint density at radius 2 is 1.87 bits per heavy atom. The molecule has 1 heterocycles. The second-order valence-electron chi connectivity index (χ2n) is 8.04. The number of hydrogen-bond acceptors (Lipinski definition) is 3. The van der Waals surface area contributed by atoms with Crippen LogP contribution in [0.15, 0.2) is 24.3 Å². The second-order valence-corrected chi connectivity index (χ2v) is 12.8. The highest BCUT2D eigenvalue weighted by Gasteiger charge is 2.50. The normalized spacial score (nSPS) is 25.5. The summed E-state index contributed by atoms with van der Waals surface area (Å²) in [5, 5.41) is 9.98. The van der Waals surface area contributed by atoms with Crippen LogP contribution in [0.2, 0.25) is 18.1 Å². The van der Waals surface area contributed by atoms with Gasteiger partial charge in [0.05, 0.1) is 6.54 Å². The molecule has 0 radical (unpaired) electrons. The van der Waals surface area contributed by atoms with Crippen molar-refractivity contribution < 1.29 is 14.3 Å². The van der Waals surface area contributed by atoms with Gasteiger partial charge in [-0.05, 0) is 30.3 Å². The predicted molar refractivity (Wildman–Crippen MR) is 97.1 cm³/mol. The van der Waals surface area contributed by atoms with Gasteiger partial charge >= 0.3 is 6.09 Å². The third kappa shape index (κ3) is 3.44. The first-order chi connectivity index (χ1) is 10.5. The molecule has 1 amide bonds. The van der Waals surface area contributed by atoms with Gasteiger partial charge in [0, 0.05) is 24.2 Å². The Bertz CT molecular complexity index is 580. The zero-order valence-corrected chi connectivity index (χ0v) is 15.8. The largest absolute Gasteiger partial charge is 0.518 e. The summed E-state index contributed by atoms with van der Waals surface area (Å²) >= 11 is 0. The van der Waals surface area contributed by atoms with Crippen molar-refractivity contribution in [3.05, 3.63) is 24.3 Å². The Labute approximate surface area is 139 Å². The van der Waals surface area contributed by atoms with Gasteiger partial charge in [-0.15, -0.1) is 0 Å². The molecule has 2 unspecified atom stereocenters. The summed E-state index contributed by atoms with van der Waals surface area (Å²) in [6, 6.07) is 7.16. The lowest BCUT2D eigenvalue weighted by Gasteiger charge is -2.38. The molecule has 128 valence electrons. The fourth-order valence-corrected chi connectivity index (χ4v) is 4.24. The van der Waals surface area contributed by atoms with E-state index in [1.165, 1.54) is 0 Å². The predicted octanol–water partition coefficient (Wildman–Crippen LogP) is 4.05. The van der Waals surface area contributed by atoms with E-state index in [9.17, 15) is 9.90 Å². The number of benzene rings is 1. The van der Waals surface area contributed by atoms with Crippen molar-refractivity contribution in [1.29, 1.82) is 0 Å². The van der Waals surface area contributed by atoms with Gasteiger partial charge in [0.15, 0.2) is 8.32 Å². The maximum atomic E-state index is 12.0. The molecular formula is C17H29N2O3Si+. The van der Waals surface area contributed by atoms with Gasteiger partial charge in [0.1, 0.15) is 18.3 Å². The van der Waals surface area contributed by atoms with Crippen LogP contribution in [0.25, 0.3) is 0 Å². The summed E-state index contributed by atoms with van der Waals surface area (Å²) < 4.78 is 6.38. The number of carboxylic acid groups (broad SMARTS) is 1. The minimum atomic E-state index is -1.90. The van der Waals surface area contributed by atoms with E-state index in [1.54, 1.807) is 12.1 Å². The third-order valence-corrected chi connectivity index (χ3v) is 9.90. The molecule has 1 aliphatic heterocycles. The Morgan fingerprint density at radius 1 is 1.30 bits per heavy atom. The number of quaternary nitrogens is 1. The fourth-order valence-electron chi connectivity index (χ4n) is 2.86. The lowest BCUT2D eigenvalue weighted by atomic mass is 10.2. The Balaban J connectivity index is 2.23. The van der Waals surface area contributed by atoms with Crippen molar-refractivity contribution in [3.8, 4) is 0 Å². The molecule has 3 N–H and O–H groups in total. The summed E-state index contributed by atoms with van der Waals surface area (Å²) in [6.07, 6.45) is -0.0657. The van der Waals surface area contributed by atoms with E-state index in [0.717, 1.165) is 12.1 Å².